The molecule has 0 unspecified atom stereocenters. The molecule has 272 valence electrons. The van der Waals surface area contributed by atoms with Crippen molar-refractivity contribution in [1.82, 2.24) is 29.4 Å². The van der Waals surface area contributed by atoms with Crippen LogP contribution in [0.5, 0.6) is 0 Å². The van der Waals surface area contributed by atoms with E-state index in [-0.39, 0.29) is 28.7 Å². The highest BCUT2D eigenvalue weighted by atomic mass is 35.5. The van der Waals surface area contributed by atoms with Gasteiger partial charge in [0.05, 0.1) is 29.4 Å². The minimum atomic E-state index is -3.02. The maximum Gasteiger partial charge on any atom is 0.333 e. The van der Waals surface area contributed by atoms with E-state index in [1.165, 1.54) is 30.6 Å². The molecule has 0 aliphatic carbocycles. The van der Waals surface area contributed by atoms with Gasteiger partial charge < -0.3 is 10.5 Å². The summed E-state index contributed by atoms with van der Waals surface area (Å²) in [6, 6.07) is 9.42. The highest BCUT2D eigenvalue weighted by molar-refractivity contribution is 6.32. The van der Waals surface area contributed by atoms with Gasteiger partial charge in [-0.1, -0.05) is 62.7 Å². The van der Waals surface area contributed by atoms with E-state index in [2.05, 4.69) is 15.2 Å². The zero-order valence-corrected chi connectivity index (χ0v) is 28.2. The lowest BCUT2D eigenvalue weighted by Crippen LogP contribution is -2.47. The summed E-state index contributed by atoms with van der Waals surface area (Å²) >= 11 is 6.39. The fraction of sp³-hybridized carbons (Fsp3) is 0.394. The van der Waals surface area contributed by atoms with Crippen molar-refractivity contribution < 1.29 is 40.7 Å². The number of guanidine groups is 1. The summed E-state index contributed by atoms with van der Waals surface area (Å²) in [6.45, 7) is 2.24. The van der Waals surface area contributed by atoms with Gasteiger partial charge in [0.25, 0.3) is 12.3 Å². The molecule has 51 heavy (non-hydrogen) atoms. The van der Waals surface area contributed by atoms with Gasteiger partial charge in [-0.05, 0) is 40.7 Å². The number of hydrogen-bond acceptors (Lipinski definition) is 8. The molecule has 0 saturated heterocycles. The van der Waals surface area contributed by atoms with Crippen LogP contribution >= 0.6 is 11.6 Å². The quantitative estimate of drug-likeness (QED) is 0.113. The van der Waals surface area contributed by atoms with Gasteiger partial charge >= 0.3 is 12.5 Å². The molecule has 0 fully saturated rings. The maximum absolute atomic E-state index is 14.8. The Morgan fingerprint density at radius 1 is 1.02 bits per heavy atom. The van der Waals surface area contributed by atoms with Gasteiger partial charge in [-0.15, -0.1) is 0 Å². The summed E-state index contributed by atoms with van der Waals surface area (Å²) in [5, 5.41) is 7.53. The highest BCUT2D eigenvalue weighted by Crippen LogP contribution is 2.45. The molecule has 2 atom stereocenters. The summed E-state index contributed by atoms with van der Waals surface area (Å²) in [7, 11) is 0. The summed E-state index contributed by atoms with van der Waals surface area (Å²) in [5.41, 5.74) is 5.86. The van der Waals surface area contributed by atoms with E-state index in [4.69, 9.17) is 27.1 Å². The largest absolute Gasteiger partial charge is 0.463 e. The monoisotopic (exact) mass is 738 g/mol. The molecule has 5 rings (SSSR count). The molecule has 2 aromatic carbocycles. The molecule has 2 N–H and O–H groups in total. The van der Waals surface area contributed by atoms with Crippen LogP contribution in [0.25, 0.3) is 16.8 Å². The molecule has 1 aliphatic heterocycles. The van der Waals surface area contributed by atoms with Gasteiger partial charge in [-0.3, -0.25) is 14.5 Å². The number of nitrogens with zero attached hydrogens (tertiary/aromatic N) is 7. The van der Waals surface area contributed by atoms with Crippen LogP contribution < -0.4 is 5.73 Å². The number of carbonyl (C=O) groups excluding carboxylic acids is 2. The Bertz CT molecular complexity index is 1910. The first kappa shape index (κ1) is 37.3. The average molecular weight is 739 g/mol. The average Bonchev–Trinajstić information content (AvgIpc) is 3.80. The smallest absolute Gasteiger partial charge is 0.333 e. The zero-order valence-electron chi connectivity index (χ0n) is 27.5. The van der Waals surface area contributed by atoms with Crippen LogP contribution in [0.1, 0.15) is 76.0 Å². The number of carbonyl (C=O) groups is 2. The van der Waals surface area contributed by atoms with Gasteiger partial charge in [0.2, 0.25) is 6.43 Å². The lowest BCUT2D eigenvalue weighted by molar-refractivity contribution is -0.148. The zero-order chi connectivity index (χ0) is 37.2. The van der Waals surface area contributed by atoms with E-state index in [1.54, 1.807) is 24.3 Å². The molecule has 4 aromatic rings. The van der Waals surface area contributed by atoms with Crippen LogP contribution in [0.2, 0.25) is 5.02 Å². The normalized spacial score (nSPS) is 17.2. The second kappa shape index (κ2) is 14.7. The van der Waals surface area contributed by atoms with E-state index in [0.29, 0.717) is 21.4 Å². The van der Waals surface area contributed by atoms with Crippen molar-refractivity contribution in [2.75, 3.05) is 6.61 Å². The van der Waals surface area contributed by atoms with Gasteiger partial charge in [0, 0.05) is 18.2 Å². The number of aliphatic imine (C=N–C) groups is 1. The second-order valence-corrected chi connectivity index (χ2v) is 13.4. The first-order valence-corrected chi connectivity index (χ1v) is 15.9. The number of amides is 1. The summed E-state index contributed by atoms with van der Waals surface area (Å²) in [4.78, 5) is 36.7. The number of ether oxygens (including phenoxy) is 1. The predicted molar refractivity (Wildman–Crippen MR) is 173 cm³/mol. The number of aromatic nitrogens is 5. The Morgan fingerprint density at radius 3 is 2.33 bits per heavy atom. The van der Waals surface area contributed by atoms with Crippen LogP contribution in [0.15, 0.2) is 66.2 Å². The van der Waals surface area contributed by atoms with Crippen molar-refractivity contribution >= 4 is 29.4 Å². The molecule has 18 heteroatoms. The van der Waals surface area contributed by atoms with Crippen molar-refractivity contribution in [3.05, 3.63) is 83.2 Å². The Hall–Kier alpha value is -4.93. The lowest BCUT2D eigenvalue weighted by atomic mass is 9.75. The molecule has 0 spiro atoms. The molecule has 3 heterocycles. The van der Waals surface area contributed by atoms with Crippen LogP contribution in [0.3, 0.4) is 0 Å². The number of halogens is 7. The van der Waals surface area contributed by atoms with E-state index < -0.39 is 73.5 Å². The molecular weight excluding hydrogens is 706 g/mol. The Balaban J connectivity index is 1.57. The van der Waals surface area contributed by atoms with Crippen molar-refractivity contribution in [2.45, 2.75) is 71.0 Å². The van der Waals surface area contributed by atoms with Crippen molar-refractivity contribution in [2.24, 2.45) is 16.1 Å². The Kier molecular flexibility index (Phi) is 10.8. The Labute approximate surface area is 293 Å². The maximum atomic E-state index is 14.8. The van der Waals surface area contributed by atoms with Crippen molar-refractivity contribution in [3.63, 3.8) is 0 Å². The first-order valence-electron chi connectivity index (χ1n) is 15.5. The molecular formula is C33H33ClF6N8O3. The third-order valence-electron chi connectivity index (χ3n) is 8.04. The number of esters is 1. The fourth-order valence-electron chi connectivity index (χ4n) is 5.88. The van der Waals surface area contributed by atoms with E-state index in [0.717, 1.165) is 15.9 Å². The summed E-state index contributed by atoms with van der Waals surface area (Å²) in [5.74, 6) is -2.59. The van der Waals surface area contributed by atoms with E-state index in [1.807, 2.05) is 20.8 Å². The minimum absolute atomic E-state index is 0.00511. The molecule has 1 amide bonds. The number of rotatable bonds is 13. The fourth-order valence-corrected chi connectivity index (χ4v) is 6.08. The Morgan fingerprint density at radius 2 is 1.73 bits per heavy atom. The van der Waals surface area contributed by atoms with Crippen molar-refractivity contribution in [1.29, 1.82) is 0 Å². The van der Waals surface area contributed by atoms with Crippen LogP contribution in [0.4, 0.5) is 26.3 Å². The number of hydrogen-bond donors (Lipinski definition) is 1. The van der Waals surface area contributed by atoms with Crippen LogP contribution in [-0.2, 0) is 19.9 Å². The number of benzene rings is 2. The predicted octanol–water partition coefficient (Wildman–Crippen LogP) is 7.24. The standard InChI is InChI=1S/C33H33ClF6N8O3/c1-32(2,3)16-33(21-7-4-18(5-8-21)20-13-43-46(14-20)30(39)40)29(50)47(31(41)45-33)24(15-51-26(49)11-10-25(35)36)19-6-9-22(34)23(12-19)48-28(27(37)38)42-17-44-48/h4-9,12-14,17,24-25,27,30H,10-11,15-16H2,1-3H3,(H2,41,45)/t24-,33-/m1/s1. The molecule has 0 bridgehead atoms. The minimum Gasteiger partial charge on any atom is -0.463 e. The third kappa shape index (κ3) is 8.02. The van der Waals surface area contributed by atoms with Gasteiger partial charge in [0.15, 0.2) is 17.3 Å². The molecule has 2 aromatic heterocycles. The second-order valence-electron chi connectivity index (χ2n) is 13.0. The molecule has 11 nitrogen and oxygen atoms in total. The summed E-state index contributed by atoms with van der Waals surface area (Å²) in [6.07, 6.45) is -3.64. The SMILES string of the molecule is CC(C)(C)C[C@]1(c2ccc(-c3cnn(C(F)F)c3)cc2)N=C(N)N([C@H](COC(=O)CCC(F)F)c2ccc(Cl)c(-n3ncnc3C(F)F)c2)C1=O. The van der Waals surface area contributed by atoms with E-state index >= 15 is 0 Å². The summed E-state index contributed by atoms with van der Waals surface area (Å²) < 4.78 is 86.2. The number of alkyl halides is 6. The van der Waals surface area contributed by atoms with E-state index in [9.17, 15) is 35.9 Å². The topological polar surface area (TPSA) is 134 Å². The van der Waals surface area contributed by atoms with Crippen LogP contribution in [-0.4, -0.2) is 60.3 Å². The number of nitrogens with two attached hydrogens (primary N) is 1. The van der Waals surface area contributed by atoms with Gasteiger partial charge in [-0.2, -0.15) is 19.0 Å². The van der Waals surface area contributed by atoms with Gasteiger partial charge in [-0.25, -0.2) is 36.9 Å². The van der Waals surface area contributed by atoms with Crippen molar-refractivity contribution in [3.8, 4) is 16.8 Å². The molecule has 0 radical (unpaired) electrons. The molecule has 0 saturated carbocycles. The first-order chi connectivity index (χ1) is 24.0. The molecule has 1 aliphatic rings. The third-order valence-corrected chi connectivity index (χ3v) is 8.36. The highest BCUT2D eigenvalue weighted by Gasteiger charge is 2.53. The van der Waals surface area contributed by atoms with Crippen LogP contribution in [0, 0.1) is 5.41 Å². The lowest BCUT2D eigenvalue weighted by Gasteiger charge is -2.35. The van der Waals surface area contributed by atoms with Gasteiger partial charge in [0.1, 0.15) is 12.9 Å².